The second kappa shape index (κ2) is 4.81. The summed E-state index contributed by atoms with van der Waals surface area (Å²) in [6.07, 6.45) is 5.93. The molecule has 88 valence electrons. The minimum atomic E-state index is 0.0298. The highest BCUT2D eigenvalue weighted by Gasteiger charge is 2.44. The summed E-state index contributed by atoms with van der Waals surface area (Å²) in [4.78, 5) is 0. The van der Waals surface area contributed by atoms with Crippen LogP contribution in [0.4, 0.5) is 0 Å². The van der Waals surface area contributed by atoms with Gasteiger partial charge in [-0.1, -0.05) is 0 Å². The van der Waals surface area contributed by atoms with Crippen molar-refractivity contribution < 1.29 is 9.84 Å². The van der Waals surface area contributed by atoms with Crippen molar-refractivity contribution in [2.24, 2.45) is 23.0 Å². The molecule has 1 saturated heterocycles. The molecule has 0 aromatic heterocycles. The molecule has 1 saturated carbocycles. The predicted octanol–water partition coefficient (Wildman–Crippen LogP) is 1.15. The molecule has 3 heteroatoms. The van der Waals surface area contributed by atoms with E-state index in [-0.39, 0.29) is 12.0 Å². The molecular formula is C12H23NO2. The smallest absolute Gasteiger partial charge is 0.0502 e. The van der Waals surface area contributed by atoms with Gasteiger partial charge >= 0.3 is 0 Å². The highest BCUT2D eigenvalue weighted by atomic mass is 16.5. The Morgan fingerprint density at radius 1 is 1.20 bits per heavy atom. The molecule has 1 atom stereocenters. The molecule has 0 bridgehead atoms. The van der Waals surface area contributed by atoms with E-state index in [1.54, 1.807) is 0 Å². The lowest BCUT2D eigenvalue weighted by Gasteiger charge is -2.36. The molecule has 15 heavy (non-hydrogen) atoms. The van der Waals surface area contributed by atoms with E-state index in [2.05, 4.69) is 0 Å². The van der Waals surface area contributed by atoms with E-state index in [0.717, 1.165) is 38.4 Å². The molecule has 0 amide bonds. The summed E-state index contributed by atoms with van der Waals surface area (Å²) in [5.41, 5.74) is 5.91. The maximum Gasteiger partial charge on any atom is 0.0502 e. The van der Waals surface area contributed by atoms with Crippen LogP contribution in [0.1, 0.15) is 32.1 Å². The van der Waals surface area contributed by atoms with Crippen LogP contribution >= 0.6 is 0 Å². The van der Waals surface area contributed by atoms with Crippen molar-refractivity contribution in [3.63, 3.8) is 0 Å². The van der Waals surface area contributed by atoms with Crippen LogP contribution in [-0.4, -0.2) is 31.5 Å². The molecule has 2 aliphatic rings. The quantitative estimate of drug-likeness (QED) is 0.720. The van der Waals surface area contributed by atoms with E-state index in [0.29, 0.717) is 12.5 Å². The minimum Gasteiger partial charge on any atom is -0.396 e. The molecule has 1 unspecified atom stereocenters. The molecule has 0 spiro atoms. The maximum atomic E-state index is 9.61. The first-order valence-electron chi connectivity index (χ1n) is 6.19. The largest absolute Gasteiger partial charge is 0.396 e. The van der Waals surface area contributed by atoms with Gasteiger partial charge in [-0.3, -0.25) is 0 Å². The van der Waals surface area contributed by atoms with Gasteiger partial charge in [-0.2, -0.15) is 0 Å². The van der Waals surface area contributed by atoms with Gasteiger partial charge in [0.25, 0.3) is 0 Å². The lowest BCUT2D eigenvalue weighted by Crippen LogP contribution is -2.39. The van der Waals surface area contributed by atoms with Crippen LogP contribution < -0.4 is 5.73 Å². The number of rotatable bonds is 5. The Balaban J connectivity index is 1.92. The van der Waals surface area contributed by atoms with E-state index in [1.807, 2.05) is 0 Å². The Kier molecular flexibility index (Phi) is 3.65. The van der Waals surface area contributed by atoms with E-state index < -0.39 is 0 Å². The SMILES string of the molecule is NCC(CO)(CC1CCOCC1)C1CC1. The first kappa shape index (κ1) is 11.4. The second-order valence-corrected chi connectivity index (χ2v) is 5.26. The van der Waals surface area contributed by atoms with Gasteiger partial charge < -0.3 is 15.6 Å². The van der Waals surface area contributed by atoms with E-state index in [9.17, 15) is 5.11 Å². The number of aliphatic hydroxyl groups is 1. The zero-order valence-electron chi connectivity index (χ0n) is 9.45. The van der Waals surface area contributed by atoms with Gasteiger partial charge in [-0.25, -0.2) is 0 Å². The van der Waals surface area contributed by atoms with Crippen molar-refractivity contribution in [2.45, 2.75) is 32.1 Å². The fourth-order valence-electron chi connectivity index (χ4n) is 2.90. The molecule has 3 N–H and O–H groups in total. The van der Waals surface area contributed by atoms with Crippen LogP contribution in [0.15, 0.2) is 0 Å². The normalized spacial score (nSPS) is 27.6. The highest BCUT2D eigenvalue weighted by Crippen LogP contribution is 2.49. The first-order chi connectivity index (χ1) is 7.30. The van der Waals surface area contributed by atoms with Crippen LogP contribution in [0, 0.1) is 17.3 Å². The Bertz CT molecular complexity index is 194. The van der Waals surface area contributed by atoms with Crippen molar-refractivity contribution in [2.75, 3.05) is 26.4 Å². The highest BCUT2D eigenvalue weighted by molar-refractivity contribution is 4.96. The summed E-state index contributed by atoms with van der Waals surface area (Å²) in [7, 11) is 0. The van der Waals surface area contributed by atoms with Crippen LogP contribution in [0.5, 0.6) is 0 Å². The summed E-state index contributed by atoms with van der Waals surface area (Å²) in [6, 6.07) is 0. The van der Waals surface area contributed by atoms with Crippen molar-refractivity contribution >= 4 is 0 Å². The topological polar surface area (TPSA) is 55.5 Å². The summed E-state index contributed by atoms with van der Waals surface area (Å²) < 4.78 is 5.36. The fraction of sp³-hybridized carbons (Fsp3) is 1.00. The molecule has 2 rings (SSSR count). The molecule has 0 aromatic carbocycles. The van der Waals surface area contributed by atoms with Crippen molar-refractivity contribution in [1.82, 2.24) is 0 Å². The van der Waals surface area contributed by atoms with Crippen LogP contribution in [0.2, 0.25) is 0 Å². The Morgan fingerprint density at radius 3 is 2.33 bits per heavy atom. The minimum absolute atomic E-state index is 0.0298. The van der Waals surface area contributed by atoms with Crippen molar-refractivity contribution in [3.8, 4) is 0 Å². The molecule has 2 fully saturated rings. The Hall–Kier alpha value is -0.120. The van der Waals surface area contributed by atoms with Crippen LogP contribution in [0.3, 0.4) is 0 Å². The maximum absolute atomic E-state index is 9.61. The van der Waals surface area contributed by atoms with Crippen molar-refractivity contribution in [3.05, 3.63) is 0 Å². The van der Waals surface area contributed by atoms with Crippen molar-refractivity contribution in [1.29, 1.82) is 0 Å². The van der Waals surface area contributed by atoms with E-state index in [4.69, 9.17) is 10.5 Å². The van der Waals surface area contributed by atoms with Gasteiger partial charge in [-0.15, -0.1) is 0 Å². The number of hydrogen-bond acceptors (Lipinski definition) is 3. The third-order valence-corrected chi connectivity index (χ3v) is 4.20. The van der Waals surface area contributed by atoms with E-state index >= 15 is 0 Å². The number of nitrogens with two attached hydrogens (primary N) is 1. The fourth-order valence-corrected chi connectivity index (χ4v) is 2.90. The standard InChI is InChI=1S/C12H23NO2/c13-8-12(9-14,11-1-2-11)7-10-3-5-15-6-4-10/h10-11,14H,1-9,13H2. The number of ether oxygens (including phenoxy) is 1. The molecule has 1 heterocycles. The number of aliphatic hydroxyl groups excluding tert-OH is 1. The second-order valence-electron chi connectivity index (χ2n) is 5.26. The Labute approximate surface area is 92.0 Å². The molecule has 0 radical (unpaired) electrons. The molecule has 1 aliphatic carbocycles. The van der Waals surface area contributed by atoms with Gasteiger partial charge in [0, 0.05) is 25.2 Å². The zero-order valence-corrected chi connectivity index (χ0v) is 9.45. The lowest BCUT2D eigenvalue weighted by molar-refractivity contribution is 0.0241. The molecule has 1 aliphatic heterocycles. The van der Waals surface area contributed by atoms with Gasteiger partial charge in [0.15, 0.2) is 0 Å². The van der Waals surface area contributed by atoms with Gasteiger partial charge in [-0.05, 0) is 43.9 Å². The predicted molar refractivity (Wildman–Crippen MR) is 59.5 cm³/mol. The molecule has 3 nitrogen and oxygen atoms in total. The number of hydrogen-bond donors (Lipinski definition) is 2. The molecule has 0 aromatic rings. The van der Waals surface area contributed by atoms with Crippen LogP contribution in [-0.2, 0) is 4.74 Å². The lowest BCUT2D eigenvalue weighted by atomic mass is 9.74. The summed E-state index contributed by atoms with van der Waals surface area (Å²) >= 11 is 0. The molecular weight excluding hydrogens is 190 g/mol. The zero-order chi connectivity index (χ0) is 10.7. The van der Waals surface area contributed by atoms with E-state index in [1.165, 1.54) is 12.8 Å². The summed E-state index contributed by atoms with van der Waals surface area (Å²) in [6.45, 7) is 2.69. The van der Waals surface area contributed by atoms with Crippen LogP contribution in [0.25, 0.3) is 0 Å². The summed E-state index contributed by atoms with van der Waals surface area (Å²) in [5, 5.41) is 9.61. The van der Waals surface area contributed by atoms with Gasteiger partial charge in [0.05, 0.1) is 6.61 Å². The first-order valence-corrected chi connectivity index (χ1v) is 6.19. The average molecular weight is 213 g/mol. The third kappa shape index (κ3) is 2.52. The average Bonchev–Trinajstić information content (AvgIpc) is 3.12. The third-order valence-electron chi connectivity index (χ3n) is 4.20. The van der Waals surface area contributed by atoms with Gasteiger partial charge in [0.1, 0.15) is 0 Å². The monoisotopic (exact) mass is 213 g/mol. The van der Waals surface area contributed by atoms with Gasteiger partial charge in [0.2, 0.25) is 0 Å². The summed E-state index contributed by atoms with van der Waals surface area (Å²) in [5.74, 6) is 1.41. The Morgan fingerprint density at radius 2 is 1.87 bits per heavy atom.